The van der Waals surface area contributed by atoms with Crippen molar-refractivity contribution < 1.29 is 72.3 Å². The maximum absolute atomic E-state index is 12.9. The van der Waals surface area contributed by atoms with E-state index in [2.05, 4.69) is 51.2 Å². The van der Waals surface area contributed by atoms with Crippen molar-refractivity contribution in [3.63, 3.8) is 0 Å². The lowest BCUT2D eigenvalue weighted by Crippen LogP contribution is -2.37. The molecule has 6 aromatic rings. The van der Waals surface area contributed by atoms with Crippen LogP contribution in [0.2, 0.25) is 0 Å². The molecule has 4 aromatic carbocycles. The number of nitrogens with zero attached hydrogens (tertiary/aromatic N) is 8. The van der Waals surface area contributed by atoms with E-state index in [4.69, 9.17) is 0 Å². The van der Waals surface area contributed by atoms with Crippen LogP contribution in [0.1, 0.15) is 38.8 Å². The van der Waals surface area contributed by atoms with Crippen LogP contribution in [-0.4, -0.2) is 153 Å². The summed E-state index contributed by atoms with van der Waals surface area (Å²) in [5, 5.41) is 52.2. The highest BCUT2D eigenvalue weighted by Gasteiger charge is 2.23. The van der Waals surface area contributed by atoms with Gasteiger partial charge in [0, 0.05) is 48.9 Å². The minimum absolute atomic E-state index is 0.0424. The van der Waals surface area contributed by atoms with Crippen molar-refractivity contribution in [2.45, 2.75) is 71.7 Å². The molecule has 76 heavy (non-hydrogen) atoms. The van der Waals surface area contributed by atoms with Gasteiger partial charge in [-0.05, 0) is 99.5 Å². The molecule has 0 radical (unpaired) electrons. The van der Waals surface area contributed by atoms with Gasteiger partial charge in [-0.3, -0.25) is 18.2 Å². The summed E-state index contributed by atoms with van der Waals surface area (Å²) in [5.41, 5.74) is -0.265. The molecular formula is C44H52N12O16S4. The Morgan fingerprint density at radius 3 is 0.974 bits per heavy atom. The summed E-state index contributed by atoms with van der Waals surface area (Å²) in [5.74, 6) is -1.21. The topological polar surface area (TPSA) is 430 Å². The highest BCUT2D eigenvalue weighted by molar-refractivity contribution is 7.86. The van der Waals surface area contributed by atoms with Crippen LogP contribution in [0.25, 0.3) is 12.2 Å². The molecule has 0 fully saturated rings. The average Bonchev–Trinajstić information content (AvgIpc) is 3.29. The highest BCUT2D eigenvalue weighted by Crippen LogP contribution is 2.30. The SMILES string of the molecule is CC(O)CN(CC(C)O)c1nc(Nc2cccc(S(=O)(=O)O)c2)nc(Nc2ccc(/C=C/c3ccc(Nc4nc(Nc5cccc(S(=O)(=O)O)c5)nc(N(CC(C)O)CC(C)O)n4)cc3S(=O)(=O)O)c(S(=O)(=O)O)c2)n1. The van der Waals surface area contributed by atoms with E-state index < -0.39 is 84.5 Å². The second-order valence-corrected chi connectivity index (χ2v) is 22.7. The third kappa shape index (κ3) is 16.7. The summed E-state index contributed by atoms with van der Waals surface area (Å²) in [6.45, 7) is 5.54. The van der Waals surface area contributed by atoms with Gasteiger partial charge in [0.05, 0.1) is 34.2 Å². The Hall–Kier alpha value is -7.08. The van der Waals surface area contributed by atoms with E-state index in [1.165, 1.54) is 86.0 Å². The maximum atomic E-state index is 12.9. The van der Waals surface area contributed by atoms with E-state index in [9.17, 15) is 72.3 Å². The predicted octanol–water partition coefficient (Wildman–Crippen LogP) is 3.32. The molecular weight excluding hydrogens is 1080 g/mol. The number of rotatable bonds is 24. The molecule has 408 valence electrons. The molecule has 32 heteroatoms. The summed E-state index contributed by atoms with van der Waals surface area (Å²) < 4.78 is 139. The molecule has 0 spiro atoms. The van der Waals surface area contributed by atoms with Crippen LogP contribution in [0.4, 0.5) is 58.4 Å². The van der Waals surface area contributed by atoms with Crippen LogP contribution in [-0.2, 0) is 40.5 Å². The summed E-state index contributed by atoms with van der Waals surface area (Å²) in [4.78, 5) is 26.5. The van der Waals surface area contributed by atoms with Crippen molar-refractivity contribution in [1.29, 1.82) is 0 Å². The molecule has 0 aliphatic heterocycles. The molecule has 2 aromatic heterocycles. The lowest BCUT2D eigenvalue weighted by Gasteiger charge is -2.26. The second-order valence-electron chi connectivity index (χ2n) is 17.1. The normalized spacial score (nSPS) is 13.9. The zero-order valence-corrected chi connectivity index (χ0v) is 43.7. The maximum Gasteiger partial charge on any atom is 0.295 e. The molecule has 0 saturated heterocycles. The Kier molecular flexibility index (Phi) is 18.3. The first-order valence-corrected chi connectivity index (χ1v) is 28.0. The van der Waals surface area contributed by atoms with Crippen molar-refractivity contribution >= 4 is 111 Å². The van der Waals surface area contributed by atoms with E-state index >= 15 is 0 Å². The summed E-state index contributed by atoms with van der Waals surface area (Å²) in [6.07, 6.45) is -1.57. The fraction of sp³-hybridized carbons (Fsp3) is 0.273. The Morgan fingerprint density at radius 2 is 0.711 bits per heavy atom. The van der Waals surface area contributed by atoms with Crippen molar-refractivity contribution in [2.24, 2.45) is 0 Å². The minimum Gasteiger partial charge on any atom is -0.392 e. The van der Waals surface area contributed by atoms with Gasteiger partial charge in [-0.1, -0.05) is 36.4 Å². The summed E-state index contributed by atoms with van der Waals surface area (Å²) in [6, 6.07) is 17.1. The largest absolute Gasteiger partial charge is 0.392 e. The van der Waals surface area contributed by atoms with Gasteiger partial charge in [-0.25, -0.2) is 0 Å². The monoisotopic (exact) mass is 1130 g/mol. The number of hydrogen-bond acceptors (Lipinski definition) is 24. The summed E-state index contributed by atoms with van der Waals surface area (Å²) in [7, 11) is -19.4. The molecule has 6 rings (SSSR count). The minimum atomic E-state index is -5.06. The Balaban J connectivity index is 1.35. The van der Waals surface area contributed by atoms with Gasteiger partial charge in [0.1, 0.15) is 9.79 Å². The van der Waals surface area contributed by atoms with Crippen LogP contribution < -0.4 is 31.1 Å². The summed E-state index contributed by atoms with van der Waals surface area (Å²) >= 11 is 0. The van der Waals surface area contributed by atoms with Gasteiger partial charge in [0.15, 0.2) is 0 Å². The Bertz CT molecular complexity index is 3320. The molecule has 0 amide bonds. The number of anilines is 10. The molecule has 2 heterocycles. The number of benzene rings is 4. The number of aromatic nitrogens is 6. The highest BCUT2D eigenvalue weighted by atomic mass is 32.2. The zero-order chi connectivity index (χ0) is 55.9. The van der Waals surface area contributed by atoms with Gasteiger partial charge >= 0.3 is 0 Å². The van der Waals surface area contributed by atoms with E-state index in [1.54, 1.807) is 0 Å². The van der Waals surface area contributed by atoms with Crippen molar-refractivity contribution in [1.82, 2.24) is 29.9 Å². The van der Waals surface area contributed by atoms with E-state index in [-0.39, 0.29) is 95.7 Å². The number of aliphatic hydroxyl groups excluding tert-OH is 4. The second kappa shape index (κ2) is 23.9. The standard InChI is InChI=1S/C44H52N12O16S4/c1-25(57)21-55(22-26(2)58)43-51-39(45-31-7-5-9-35(17-31)73(61,62)63)49-41(53-43)47-33-15-13-29(37(19-33)75(67,68)69)11-12-30-14-16-34(20-38(30)76(70,71)72)48-42-50-40(46-32-8-6-10-36(18-32)74(64,65)66)52-44(54-42)56(23-27(3)59)24-28(4)60/h5-20,25-28,57-60H,21-24H2,1-4H3,(H,61,62,63)(H,64,65,66)(H,67,68,69)(H,70,71,72)(H2,45,47,49,51,53)(H2,46,48,50,52,54)/b12-11+. The zero-order valence-electron chi connectivity index (χ0n) is 40.4. The number of aliphatic hydroxyl groups is 4. The van der Waals surface area contributed by atoms with Crippen LogP contribution in [0.3, 0.4) is 0 Å². The van der Waals surface area contributed by atoms with Gasteiger partial charge in [-0.15, -0.1) is 0 Å². The molecule has 0 saturated carbocycles. The quantitative estimate of drug-likeness (QED) is 0.0305. The predicted molar refractivity (Wildman–Crippen MR) is 278 cm³/mol. The Morgan fingerprint density at radius 1 is 0.421 bits per heavy atom. The fourth-order valence-corrected chi connectivity index (χ4v) is 9.57. The van der Waals surface area contributed by atoms with Crippen molar-refractivity contribution in [2.75, 3.05) is 57.2 Å². The Labute approximate surface area is 436 Å². The smallest absolute Gasteiger partial charge is 0.295 e. The fourth-order valence-electron chi connectivity index (χ4n) is 7.10. The van der Waals surface area contributed by atoms with Crippen LogP contribution >= 0.6 is 0 Å². The molecule has 4 unspecified atom stereocenters. The van der Waals surface area contributed by atoms with E-state index in [0.717, 1.165) is 48.6 Å². The lowest BCUT2D eigenvalue weighted by molar-refractivity contribution is 0.176. The number of nitrogens with one attached hydrogen (secondary N) is 4. The molecule has 0 aliphatic rings. The molecule has 12 N–H and O–H groups in total. The van der Waals surface area contributed by atoms with Crippen molar-refractivity contribution in [3.8, 4) is 0 Å². The third-order valence-electron chi connectivity index (χ3n) is 10.1. The third-order valence-corrected chi connectivity index (χ3v) is 13.6. The van der Waals surface area contributed by atoms with E-state index in [1.807, 2.05) is 0 Å². The first kappa shape index (κ1) is 58.2. The van der Waals surface area contributed by atoms with E-state index in [0.29, 0.717) is 0 Å². The van der Waals surface area contributed by atoms with Gasteiger partial charge in [0.25, 0.3) is 40.5 Å². The van der Waals surface area contributed by atoms with Gasteiger partial charge in [-0.2, -0.15) is 63.6 Å². The average molecular weight is 1130 g/mol. The van der Waals surface area contributed by atoms with Crippen molar-refractivity contribution in [3.05, 3.63) is 96.1 Å². The lowest BCUT2D eigenvalue weighted by atomic mass is 10.1. The molecule has 28 nitrogen and oxygen atoms in total. The first-order chi connectivity index (χ1) is 35.4. The first-order valence-electron chi connectivity index (χ1n) is 22.3. The van der Waals surface area contributed by atoms with Crippen LogP contribution in [0, 0.1) is 0 Å². The number of hydrogen-bond donors (Lipinski definition) is 12. The molecule has 4 atom stereocenters. The van der Waals surface area contributed by atoms with Crippen LogP contribution in [0.5, 0.6) is 0 Å². The van der Waals surface area contributed by atoms with Gasteiger partial charge < -0.3 is 51.5 Å². The van der Waals surface area contributed by atoms with Gasteiger partial charge in [0.2, 0.25) is 35.7 Å². The van der Waals surface area contributed by atoms with Crippen LogP contribution in [0.15, 0.2) is 105 Å². The molecule has 0 bridgehead atoms. The molecule has 0 aliphatic carbocycles.